The molecule has 0 atom stereocenters. The highest BCUT2D eigenvalue weighted by Gasteiger charge is 2.21. The molecule has 0 bridgehead atoms. The predicted molar refractivity (Wildman–Crippen MR) is 58.4 cm³/mol. The minimum absolute atomic E-state index is 0.696. The van der Waals surface area contributed by atoms with Crippen molar-refractivity contribution in [3.8, 4) is 0 Å². The quantitative estimate of drug-likeness (QED) is 0.382. The van der Waals surface area contributed by atoms with E-state index in [1.807, 2.05) is 0 Å². The van der Waals surface area contributed by atoms with Crippen LogP contribution in [0.15, 0.2) is 4.99 Å². The third kappa shape index (κ3) is 2.95. The lowest BCUT2D eigenvalue weighted by Gasteiger charge is -2.29. The van der Waals surface area contributed by atoms with E-state index >= 15 is 0 Å². The van der Waals surface area contributed by atoms with Gasteiger partial charge in [0.15, 0.2) is 0 Å². The van der Waals surface area contributed by atoms with Gasteiger partial charge in [0.1, 0.15) is 0 Å². The van der Waals surface area contributed by atoms with Crippen LogP contribution >= 0.6 is 0 Å². The van der Waals surface area contributed by atoms with Crippen molar-refractivity contribution in [3.05, 3.63) is 0 Å². The van der Waals surface area contributed by atoms with E-state index in [4.69, 9.17) is 0 Å². The van der Waals surface area contributed by atoms with E-state index in [0.717, 1.165) is 12.0 Å². The van der Waals surface area contributed by atoms with Gasteiger partial charge in [-0.25, -0.2) is 0 Å². The Labute approximate surface area is 87.7 Å². The fourth-order valence-electron chi connectivity index (χ4n) is 1.93. The van der Waals surface area contributed by atoms with E-state index in [1.165, 1.54) is 25.7 Å². The molecule has 0 aromatic carbocycles. The van der Waals surface area contributed by atoms with Crippen LogP contribution in [0.4, 0.5) is 0 Å². The molecule has 1 saturated carbocycles. The van der Waals surface area contributed by atoms with Crippen LogP contribution in [0, 0.1) is 0 Å². The van der Waals surface area contributed by atoms with Gasteiger partial charge >= 0.3 is 0 Å². The number of hydrogen-bond acceptors (Lipinski definition) is 1. The molecular weight excluding hydrogens is 192 g/mol. The second-order valence-electron chi connectivity index (χ2n) is 3.43. The lowest BCUT2D eigenvalue weighted by atomic mass is 10.2. The van der Waals surface area contributed by atoms with E-state index in [9.17, 15) is 0 Å². The fraction of sp³-hybridized carbons (Fsp3) is 0.889. The molecule has 1 aliphatic rings. The smallest absolute Gasteiger partial charge is 0.0952 e. The molecule has 0 heterocycles. The molecule has 0 aliphatic heterocycles. The predicted octanol–water partition coefficient (Wildman–Crippen LogP) is 0.901. The Morgan fingerprint density at radius 1 is 1.38 bits per heavy atom. The van der Waals surface area contributed by atoms with Crippen LogP contribution < -0.4 is 0 Å². The summed E-state index contributed by atoms with van der Waals surface area (Å²) < 4.78 is 0. The molecule has 0 aromatic heterocycles. The van der Waals surface area contributed by atoms with Gasteiger partial charge in [0.25, 0.3) is 0 Å². The second-order valence-corrected chi connectivity index (χ2v) is 4.06. The zero-order chi connectivity index (χ0) is 9.68. The molecule has 0 unspecified atom stereocenters. The van der Waals surface area contributed by atoms with Crippen molar-refractivity contribution in [2.45, 2.75) is 38.6 Å². The van der Waals surface area contributed by atoms with E-state index in [0.29, 0.717) is 12.2 Å². The highest BCUT2D eigenvalue weighted by atomic mass is 28.1. The molecule has 13 heavy (non-hydrogen) atoms. The van der Waals surface area contributed by atoms with Crippen molar-refractivity contribution in [2.75, 3.05) is 12.3 Å². The van der Waals surface area contributed by atoms with Gasteiger partial charge in [0.2, 0.25) is 0 Å². The molecule has 1 aliphatic carbocycles. The molecule has 6 radical (unpaired) electrons. The molecule has 0 amide bonds. The van der Waals surface area contributed by atoms with E-state index < -0.39 is 0 Å². The summed E-state index contributed by atoms with van der Waals surface area (Å²) in [5.74, 6) is 1.14. The Hall–Kier alpha value is -0.0962. The fourth-order valence-corrected chi connectivity index (χ4v) is 2.64. The summed E-state index contributed by atoms with van der Waals surface area (Å²) in [5.41, 5.74) is 0. The summed E-state index contributed by atoms with van der Waals surface area (Å²) in [6.07, 6.45) is 6.97. The highest BCUT2D eigenvalue weighted by molar-refractivity contribution is 6.11. The van der Waals surface area contributed by atoms with Gasteiger partial charge < -0.3 is 4.90 Å². The number of aliphatic imine (C=N–C) groups is 1. The highest BCUT2D eigenvalue weighted by Crippen LogP contribution is 2.23. The minimum Gasteiger partial charge on any atom is -0.361 e. The van der Waals surface area contributed by atoms with Gasteiger partial charge in [-0.15, -0.1) is 0 Å². The van der Waals surface area contributed by atoms with Crippen LogP contribution in [0.2, 0.25) is 0 Å². The first-order valence-electron chi connectivity index (χ1n) is 4.86. The second kappa shape index (κ2) is 5.60. The lowest BCUT2D eigenvalue weighted by molar-refractivity contribution is 0.354. The normalized spacial score (nSPS) is 19.5. The van der Waals surface area contributed by atoms with Gasteiger partial charge in [-0.05, 0) is 19.8 Å². The Balaban J connectivity index is 2.54. The van der Waals surface area contributed by atoms with Gasteiger partial charge in [-0.2, -0.15) is 0 Å². The van der Waals surface area contributed by atoms with Crippen LogP contribution in [0.1, 0.15) is 32.6 Å². The van der Waals surface area contributed by atoms with Crippen molar-refractivity contribution in [2.24, 2.45) is 4.99 Å². The maximum Gasteiger partial charge on any atom is 0.0952 e. The molecule has 0 N–H and O–H groups in total. The number of amidine groups is 1. The van der Waals surface area contributed by atoms with Crippen molar-refractivity contribution in [3.63, 3.8) is 0 Å². The molecule has 4 heteroatoms. The first-order valence-corrected chi connectivity index (χ1v) is 6.28. The summed E-state index contributed by atoms with van der Waals surface area (Å²) in [4.78, 5) is 6.72. The molecule has 1 fully saturated rings. The SMILES string of the molecule is C/C(=N/C[Si])N(C[Si])C1CCCC1. The topological polar surface area (TPSA) is 15.6 Å². The van der Waals surface area contributed by atoms with Crippen LogP contribution in [-0.4, -0.2) is 49.6 Å². The Kier molecular flexibility index (Phi) is 4.73. The summed E-state index contributed by atoms with van der Waals surface area (Å²) in [7, 11) is 6.95. The first-order chi connectivity index (χ1) is 6.29. The maximum absolute atomic E-state index is 4.37. The molecule has 2 nitrogen and oxygen atoms in total. The van der Waals surface area contributed by atoms with Crippen LogP contribution in [0.3, 0.4) is 0 Å². The van der Waals surface area contributed by atoms with Gasteiger partial charge in [-0.3, -0.25) is 4.99 Å². The van der Waals surface area contributed by atoms with E-state index in [2.05, 4.69) is 37.3 Å². The number of hydrogen-bond donors (Lipinski definition) is 0. The molecule has 70 valence electrons. The maximum atomic E-state index is 4.37. The first kappa shape index (κ1) is 11.0. The molecular formula is C9H16N2Si2. The van der Waals surface area contributed by atoms with Crippen LogP contribution in [0.25, 0.3) is 0 Å². The Morgan fingerprint density at radius 3 is 2.46 bits per heavy atom. The molecule has 0 saturated heterocycles. The van der Waals surface area contributed by atoms with E-state index in [-0.39, 0.29) is 0 Å². The standard InChI is InChI=1S/C9H16N2Si2/c1-8(10-6-12)11(7-13)9-4-2-3-5-9/h9H,2-7H2,1H3/b10-8-. The van der Waals surface area contributed by atoms with Crippen molar-refractivity contribution < 1.29 is 0 Å². The molecule has 1 rings (SSSR count). The van der Waals surface area contributed by atoms with Gasteiger partial charge in [0.05, 0.1) is 26.3 Å². The van der Waals surface area contributed by atoms with Crippen molar-refractivity contribution in [1.82, 2.24) is 4.90 Å². The van der Waals surface area contributed by atoms with Crippen LogP contribution in [0.5, 0.6) is 0 Å². The number of rotatable bonds is 3. The largest absolute Gasteiger partial charge is 0.361 e. The summed E-state index contributed by atoms with van der Waals surface area (Å²) in [6, 6.07) is 0.708. The number of nitrogens with zero attached hydrogens (tertiary/aromatic N) is 2. The summed E-state index contributed by atoms with van der Waals surface area (Å²) >= 11 is 0. The van der Waals surface area contributed by atoms with E-state index in [1.54, 1.807) is 0 Å². The Bertz CT molecular complexity index is 176. The van der Waals surface area contributed by atoms with Crippen molar-refractivity contribution in [1.29, 1.82) is 0 Å². The Morgan fingerprint density at radius 2 is 2.00 bits per heavy atom. The third-order valence-electron chi connectivity index (χ3n) is 2.66. The molecule has 0 spiro atoms. The van der Waals surface area contributed by atoms with Crippen molar-refractivity contribution >= 4 is 26.3 Å². The van der Waals surface area contributed by atoms with Gasteiger partial charge in [-0.1, -0.05) is 12.8 Å². The zero-order valence-electron chi connectivity index (χ0n) is 8.21. The monoisotopic (exact) mass is 208 g/mol. The average Bonchev–Trinajstić information content (AvgIpc) is 2.59. The third-order valence-corrected chi connectivity index (χ3v) is 3.16. The van der Waals surface area contributed by atoms with Crippen LogP contribution in [-0.2, 0) is 0 Å². The summed E-state index contributed by atoms with van der Waals surface area (Å²) in [5, 5.41) is 0. The molecule has 0 aromatic rings. The minimum atomic E-state index is 0.696. The average molecular weight is 208 g/mol. The zero-order valence-corrected chi connectivity index (χ0v) is 10.2. The lowest BCUT2D eigenvalue weighted by Crippen LogP contribution is -2.38. The summed E-state index contributed by atoms with van der Waals surface area (Å²) in [6.45, 7) is 2.08. The van der Waals surface area contributed by atoms with Gasteiger partial charge in [0, 0.05) is 18.4 Å².